The van der Waals surface area contributed by atoms with Crippen molar-refractivity contribution in [3.63, 3.8) is 0 Å². The van der Waals surface area contributed by atoms with Crippen LogP contribution in [-0.4, -0.2) is 44.5 Å². The van der Waals surface area contributed by atoms with E-state index >= 15 is 0 Å². The number of rotatable bonds is 3. The zero-order valence-electron chi connectivity index (χ0n) is 10.3. The average molecular weight is 351 g/mol. The van der Waals surface area contributed by atoms with Gasteiger partial charge in [-0.1, -0.05) is 23.2 Å². The summed E-state index contributed by atoms with van der Waals surface area (Å²) in [7, 11) is 0. The number of hydrogen-bond acceptors (Lipinski definition) is 5. The van der Waals surface area contributed by atoms with Gasteiger partial charge >= 0.3 is 5.97 Å². The van der Waals surface area contributed by atoms with Crippen molar-refractivity contribution in [1.82, 2.24) is 4.90 Å². The smallest absolute Gasteiger partial charge is 0.327 e. The molecule has 0 radical (unpaired) electrons. The molecule has 0 unspecified atom stereocenters. The second-order valence-corrected chi connectivity index (χ2v) is 5.96. The normalized spacial score (nSPS) is 17.8. The lowest BCUT2D eigenvalue weighted by molar-refractivity contribution is -0.384. The lowest BCUT2D eigenvalue weighted by atomic mass is 10.1. The fraction of sp³-hybridized carbons (Fsp3) is 0.273. The Balaban J connectivity index is 2.43. The van der Waals surface area contributed by atoms with Gasteiger partial charge in [0.1, 0.15) is 6.04 Å². The number of amides is 1. The maximum Gasteiger partial charge on any atom is 0.327 e. The van der Waals surface area contributed by atoms with Crippen molar-refractivity contribution < 1.29 is 19.6 Å². The fourth-order valence-electron chi connectivity index (χ4n) is 1.84. The molecule has 0 aromatic heterocycles. The zero-order valence-corrected chi connectivity index (χ0v) is 12.6. The van der Waals surface area contributed by atoms with Gasteiger partial charge in [0.05, 0.1) is 26.4 Å². The highest BCUT2D eigenvalue weighted by atomic mass is 35.5. The predicted molar refractivity (Wildman–Crippen MR) is 78.0 cm³/mol. The topological polar surface area (TPSA) is 101 Å². The number of nitro benzene ring substituents is 1. The Morgan fingerprint density at radius 2 is 2.10 bits per heavy atom. The number of nitro groups is 1. The van der Waals surface area contributed by atoms with Gasteiger partial charge in [-0.3, -0.25) is 14.9 Å². The lowest BCUT2D eigenvalue weighted by Gasteiger charge is -2.21. The van der Waals surface area contributed by atoms with Gasteiger partial charge in [-0.2, -0.15) is 0 Å². The molecule has 0 saturated carbocycles. The highest BCUT2D eigenvalue weighted by Crippen LogP contribution is 2.33. The maximum atomic E-state index is 12.4. The Hall–Kier alpha value is -1.51. The standard InChI is InChI=1S/C11H8Cl2N2O5S/c12-7-2-5(15(19)20)1-6(9(7)13)10(16)14-4-21-3-8(14)11(17)18/h1-2,8H,3-4H2,(H,17,18)/t8-/m0/s1. The Morgan fingerprint density at radius 1 is 1.43 bits per heavy atom. The summed E-state index contributed by atoms with van der Waals surface area (Å²) in [4.78, 5) is 34.7. The van der Waals surface area contributed by atoms with E-state index in [1.54, 1.807) is 0 Å². The third-order valence-corrected chi connectivity index (χ3v) is 4.70. The minimum absolute atomic E-state index is 0.131. The van der Waals surface area contributed by atoms with Gasteiger partial charge in [0.2, 0.25) is 0 Å². The molecule has 1 amide bonds. The van der Waals surface area contributed by atoms with E-state index in [-0.39, 0.29) is 32.9 Å². The summed E-state index contributed by atoms with van der Waals surface area (Å²) >= 11 is 13.0. The molecule has 10 heteroatoms. The fourth-order valence-corrected chi connectivity index (χ4v) is 3.39. The summed E-state index contributed by atoms with van der Waals surface area (Å²) in [6.07, 6.45) is 0. The van der Waals surface area contributed by atoms with Crippen LogP contribution in [0.15, 0.2) is 12.1 Å². The van der Waals surface area contributed by atoms with Crippen LogP contribution in [0.1, 0.15) is 10.4 Å². The molecule has 1 fully saturated rings. The van der Waals surface area contributed by atoms with Gasteiger partial charge in [0, 0.05) is 17.9 Å². The Labute approximate surface area is 133 Å². The van der Waals surface area contributed by atoms with Crippen molar-refractivity contribution in [2.75, 3.05) is 11.6 Å². The summed E-state index contributed by atoms with van der Waals surface area (Å²) in [5.41, 5.74) is -0.559. The average Bonchev–Trinajstić information content (AvgIpc) is 2.90. The minimum Gasteiger partial charge on any atom is -0.480 e. The Bertz CT molecular complexity index is 639. The zero-order chi connectivity index (χ0) is 15.7. The van der Waals surface area contributed by atoms with E-state index in [1.165, 1.54) is 11.8 Å². The van der Waals surface area contributed by atoms with Crippen molar-refractivity contribution in [3.05, 3.63) is 37.9 Å². The summed E-state index contributed by atoms with van der Waals surface area (Å²) in [6, 6.07) is 1.04. The number of carboxylic acid groups (broad SMARTS) is 1. The van der Waals surface area contributed by atoms with E-state index in [0.717, 1.165) is 17.0 Å². The predicted octanol–water partition coefficient (Wildman–Crippen LogP) is 2.50. The van der Waals surface area contributed by atoms with Gasteiger partial charge in [0.15, 0.2) is 0 Å². The third-order valence-electron chi connectivity index (χ3n) is 2.88. The Kier molecular flexibility index (Phi) is 4.60. The monoisotopic (exact) mass is 350 g/mol. The number of non-ortho nitro benzene ring substituents is 1. The lowest BCUT2D eigenvalue weighted by Crippen LogP contribution is -2.41. The van der Waals surface area contributed by atoms with Crippen LogP contribution in [0.2, 0.25) is 10.0 Å². The molecule has 1 atom stereocenters. The quantitative estimate of drug-likeness (QED) is 0.663. The van der Waals surface area contributed by atoms with E-state index in [1.807, 2.05) is 0 Å². The molecule has 1 aromatic rings. The number of thioether (sulfide) groups is 1. The third kappa shape index (κ3) is 3.07. The first-order valence-corrected chi connectivity index (χ1v) is 7.49. The maximum absolute atomic E-state index is 12.4. The van der Waals surface area contributed by atoms with Crippen LogP contribution in [0.25, 0.3) is 0 Å². The first-order valence-electron chi connectivity index (χ1n) is 5.58. The summed E-state index contributed by atoms with van der Waals surface area (Å²) < 4.78 is 0. The van der Waals surface area contributed by atoms with Gasteiger partial charge < -0.3 is 10.0 Å². The number of carbonyl (C=O) groups excluding carboxylic acids is 1. The summed E-state index contributed by atoms with van der Waals surface area (Å²) in [6.45, 7) is 0. The molecule has 1 saturated heterocycles. The second-order valence-electron chi connectivity index (χ2n) is 4.18. The van der Waals surface area contributed by atoms with Crippen molar-refractivity contribution in [1.29, 1.82) is 0 Å². The number of hydrogen-bond donors (Lipinski definition) is 1. The highest BCUT2D eigenvalue weighted by Gasteiger charge is 2.36. The molecule has 1 aliphatic heterocycles. The van der Waals surface area contributed by atoms with Gasteiger partial charge in [-0.25, -0.2) is 4.79 Å². The molecule has 0 bridgehead atoms. The van der Waals surface area contributed by atoms with Crippen LogP contribution >= 0.6 is 35.0 Å². The summed E-state index contributed by atoms with van der Waals surface area (Å²) in [5.74, 6) is -1.41. The summed E-state index contributed by atoms with van der Waals surface area (Å²) in [5, 5.41) is 19.6. The van der Waals surface area contributed by atoms with Crippen LogP contribution < -0.4 is 0 Å². The first kappa shape index (κ1) is 15.9. The highest BCUT2D eigenvalue weighted by molar-refractivity contribution is 7.99. The van der Waals surface area contributed by atoms with Crippen molar-refractivity contribution in [2.24, 2.45) is 0 Å². The van der Waals surface area contributed by atoms with Crippen molar-refractivity contribution in [3.8, 4) is 0 Å². The molecular weight excluding hydrogens is 343 g/mol. The molecule has 1 N–H and O–H groups in total. The van der Waals surface area contributed by atoms with Crippen molar-refractivity contribution in [2.45, 2.75) is 6.04 Å². The van der Waals surface area contributed by atoms with Crippen LogP contribution in [0.4, 0.5) is 5.69 Å². The SMILES string of the molecule is O=C(O)[C@@H]1CSCN1C(=O)c1cc([N+](=O)[O-])cc(Cl)c1Cl. The van der Waals surface area contributed by atoms with E-state index in [4.69, 9.17) is 28.3 Å². The van der Waals surface area contributed by atoms with E-state index in [0.29, 0.717) is 0 Å². The molecule has 0 spiro atoms. The van der Waals surface area contributed by atoms with Gasteiger partial charge in [-0.05, 0) is 0 Å². The molecule has 1 heterocycles. The molecule has 2 rings (SSSR count). The van der Waals surface area contributed by atoms with Crippen LogP contribution in [0, 0.1) is 10.1 Å². The first-order chi connectivity index (χ1) is 9.82. The molecule has 7 nitrogen and oxygen atoms in total. The van der Waals surface area contributed by atoms with Gasteiger partial charge in [-0.15, -0.1) is 11.8 Å². The Morgan fingerprint density at radius 3 is 2.67 bits per heavy atom. The molecule has 1 aliphatic rings. The molecule has 1 aromatic carbocycles. The number of carboxylic acids is 1. The number of carbonyl (C=O) groups is 2. The largest absolute Gasteiger partial charge is 0.480 e. The van der Waals surface area contributed by atoms with Gasteiger partial charge in [0.25, 0.3) is 11.6 Å². The van der Waals surface area contributed by atoms with Crippen LogP contribution in [-0.2, 0) is 4.79 Å². The molecule has 112 valence electrons. The second kappa shape index (κ2) is 6.08. The molecular formula is C11H8Cl2N2O5S. The molecule has 0 aliphatic carbocycles. The van der Waals surface area contributed by atoms with E-state index < -0.39 is 22.8 Å². The van der Waals surface area contributed by atoms with E-state index in [9.17, 15) is 19.7 Å². The number of halogens is 2. The van der Waals surface area contributed by atoms with Crippen molar-refractivity contribution >= 4 is 52.5 Å². The number of nitrogens with zero attached hydrogens (tertiary/aromatic N) is 2. The minimum atomic E-state index is -1.14. The van der Waals surface area contributed by atoms with E-state index in [2.05, 4.69) is 0 Å². The number of benzene rings is 1. The molecule has 21 heavy (non-hydrogen) atoms. The van der Waals surface area contributed by atoms with Crippen LogP contribution in [0.5, 0.6) is 0 Å². The number of aliphatic carboxylic acids is 1. The van der Waals surface area contributed by atoms with Crippen LogP contribution in [0.3, 0.4) is 0 Å².